The maximum absolute atomic E-state index is 12.4. The molecule has 0 spiro atoms. The number of fused-ring (bicyclic) bond motifs is 1. The number of nitrogens with zero attached hydrogens (tertiary/aromatic N) is 2. The van der Waals surface area contributed by atoms with Gasteiger partial charge < -0.3 is 14.8 Å². The Morgan fingerprint density at radius 2 is 1.68 bits per heavy atom. The Labute approximate surface area is 166 Å². The summed E-state index contributed by atoms with van der Waals surface area (Å²) in [7, 11) is 3.26. The minimum atomic E-state index is -0.0791. The number of rotatable bonds is 6. The lowest BCUT2D eigenvalue weighted by Crippen LogP contribution is -2.15. The first-order valence-corrected chi connectivity index (χ1v) is 9.58. The van der Waals surface area contributed by atoms with Crippen LogP contribution in [0.15, 0.2) is 60.1 Å². The minimum absolute atomic E-state index is 0.0791. The summed E-state index contributed by atoms with van der Waals surface area (Å²) in [4.78, 5) is 18.0. The Balaban J connectivity index is 1.50. The van der Waals surface area contributed by atoms with Crippen LogP contribution in [0.5, 0.6) is 11.5 Å². The average molecular weight is 393 g/mol. The standard InChI is InChI=1S/C21H19N3O3S/c1-26-17-7-3-14(4-8-17)19-12-24-16(13-28-21(24)23-19)11-20(25)22-15-5-9-18(27-2)10-6-15/h3-10,12-13H,11H2,1-2H3,(H,22,25). The van der Waals surface area contributed by atoms with Gasteiger partial charge in [-0.15, -0.1) is 11.3 Å². The van der Waals surface area contributed by atoms with Crippen molar-refractivity contribution in [2.75, 3.05) is 19.5 Å². The molecule has 4 rings (SSSR count). The number of amides is 1. The number of ether oxygens (including phenoxy) is 2. The van der Waals surface area contributed by atoms with E-state index in [9.17, 15) is 4.79 Å². The Hall–Kier alpha value is -3.32. The summed E-state index contributed by atoms with van der Waals surface area (Å²) in [5.41, 5.74) is 3.51. The highest BCUT2D eigenvalue weighted by molar-refractivity contribution is 7.15. The lowest BCUT2D eigenvalue weighted by atomic mass is 10.2. The lowest BCUT2D eigenvalue weighted by molar-refractivity contribution is -0.115. The smallest absolute Gasteiger partial charge is 0.230 e. The Morgan fingerprint density at radius 1 is 1.04 bits per heavy atom. The third-order valence-electron chi connectivity index (χ3n) is 4.38. The van der Waals surface area contributed by atoms with Gasteiger partial charge in [-0.2, -0.15) is 0 Å². The van der Waals surface area contributed by atoms with Gasteiger partial charge in [0.15, 0.2) is 4.96 Å². The van der Waals surface area contributed by atoms with Crippen molar-refractivity contribution in [2.45, 2.75) is 6.42 Å². The highest BCUT2D eigenvalue weighted by Gasteiger charge is 2.13. The van der Waals surface area contributed by atoms with Crippen molar-refractivity contribution in [3.05, 3.63) is 65.8 Å². The maximum atomic E-state index is 12.4. The normalized spacial score (nSPS) is 10.8. The highest BCUT2D eigenvalue weighted by atomic mass is 32.1. The molecule has 0 atom stereocenters. The van der Waals surface area contributed by atoms with E-state index < -0.39 is 0 Å². The molecule has 0 bridgehead atoms. The van der Waals surface area contributed by atoms with Crippen molar-refractivity contribution in [2.24, 2.45) is 0 Å². The first kappa shape index (κ1) is 18.1. The van der Waals surface area contributed by atoms with Gasteiger partial charge in [0.2, 0.25) is 5.91 Å². The zero-order valence-corrected chi connectivity index (χ0v) is 16.3. The van der Waals surface area contributed by atoms with Crippen molar-refractivity contribution in [3.8, 4) is 22.8 Å². The topological polar surface area (TPSA) is 64.9 Å². The number of carbonyl (C=O) groups is 1. The Bertz CT molecular complexity index is 1100. The molecule has 4 aromatic rings. The first-order valence-electron chi connectivity index (χ1n) is 8.70. The molecule has 1 N–H and O–H groups in total. The SMILES string of the molecule is COc1ccc(NC(=O)Cc2csc3nc(-c4ccc(OC)cc4)cn23)cc1. The summed E-state index contributed by atoms with van der Waals surface area (Å²) < 4.78 is 12.3. The van der Waals surface area contributed by atoms with Crippen LogP contribution in [0.25, 0.3) is 16.2 Å². The van der Waals surface area contributed by atoms with Gasteiger partial charge >= 0.3 is 0 Å². The van der Waals surface area contributed by atoms with E-state index in [0.29, 0.717) is 0 Å². The predicted octanol–water partition coefficient (Wildman–Crippen LogP) is 4.26. The monoisotopic (exact) mass is 393 g/mol. The molecule has 2 aromatic heterocycles. The first-order chi connectivity index (χ1) is 13.7. The van der Waals surface area contributed by atoms with E-state index in [1.54, 1.807) is 14.2 Å². The molecule has 142 valence electrons. The number of hydrogen-bond acceptors (Lipinski definition) is 5. The molecule has 0 saturated carbocycles. The number of nitrogens with one attached hydrogen (secondary N) is 1. The second-order valence-electron chi connectivity index (χ2n) is 6.19. The van der Waals surface area contributed by atoms with E-state index in [4.69, 9.17) is 9.47 Å². The fraction of sp³-hybridized carbons (Fsp3) is 0.143. The van der Waals surface area contributed by atoms with Gasteiger partial charge in [-0.25, -0.2) is 4.98 Å². The third-order valence-corrected chi connectivity index (χ3v) is 5.27. The van der Waals surface area contributed by atoms with Crippen molar-refractivity contribution in [1.29, 1.82) is 0 Å². The molecule has 6 nitrogen and oxygen atoms in total. The molecule has 0 aliphatic rings. The van der Waals surface area contributed by atoms with Crippen molar-refractivity contribution >= 4 is 27.9 Å². The van der Waals surface area contributed by atoms with E-state index in [2.05, 4.69) is 10.3 Å². The van der Waals surface area contributed by atoms with Gasteiger partial charge in [0, 0.05) is 28.5 Å². The van der Waals surface area contributed by atoms with Gasteiger partial charge in [-0.3, -0.25) is 9.20 Å². The van der Waals surface area contributed by atoms with Crippen LogP contribution in [0.4, 0.5) is 5.69 Å². The molecule has 0 fully saturated rings. The molecule has 0 unspecified atom stereocenters. The van der Waals surface area contributed by atoms with E-state index in [-0.39, 0.29) is 12.3 Å². The summed E-state index contributed by atoms with van der Waals surface area (Å²) >= 11 is 1.52. The second kappa shape index (κ2) is 7.74. The molecule has 0 radical (unpaired) electrons. The number of aromatic nitrogens is 2. The van der Waals surface area contributed by atoms with Crippen molar-refractivity contribution in [1.82, 2.24) is 9.38 Å². The molecule has 0 aliphatic carbocycles. The van der Waals surface area contributed by atoms with Crippen LogP contribution >= 0.6 is 11.3 Å². The number of benzene rings is 2. The minimum Gasteiger partial charge on any atom is -0.497 e. The third kappa shape index (κ3) is 3.70. The lowest BCUT2D eigenvalue weighted by Gasteiger charge is -2.06. The molecule has 1 amide bonds. The van der Waals surface area contributed by atoms with Gasteiger partial charge in [-0.05, 0) is 48.5 Å². The van der Waals surface area contributed by atoms with Crippen molar-refractivity contribution in [3.63, 3.8) is 0 Å². The number of anilines is 1. The number of methoxy groups -OCH3 is 2. The summed E-state index contributed by atoms with van der Waals surface area (Å²) in [6.45, 7) is 0. The molecule has 28 heavy (non-hydrogen) atoms. The van der Waals surface area contributed by atoms with Crippen LogP contribution in [0.3, 0.4) is 0 Å². The molecule has 2 heterocycles. The summed E-state index contributed by atoms with van der Waals surface area (Å²) in [5, 5.41) is 4.88. The van der Waals surface area contributed by atoms with Crippen LogP contribution < -0.4 is 14.8 Å². The van der Waals surface area contributed by atoms with Crippen LogP contribution in [0.1, 0.15) is 5.69 Å². The number of hydrogen-bond donors (Lipinski definition) is 1. The molecule has 0 saturated heterocycles. The quantitative estimate of drug-likeness (QED) is 0.532. The van der Waals surface area contributed by atoms with Crippen LogP contribution in [0.2, 0.25) is 0 Å². The van der Waals surface area contributed by atoms with E-state index in [1.807, 2.05) is 64.5 Å². The highest BCUT2D eigenvalue weighted by Crippen LogP contribution is 2.25. The molecular weight excluding hydrogens is 374 g/mol. The summed E-state index contributed by atoms with van der Waals surface area (Å²) in [6.07, 6.45) is 2.23. The number of imidazole rings is 1. The zero-order valence-electron chi connectivity index (χ0n) is 15.5. The molecular formula is C21H19N3O3S. The summed E-state index contributed by atoms with van der Waals surface area (Å²) in [6, 6.07) is 15.0. The molecule has 0 aliphatic heterocycles. The van der Waals surface area contributed by atoms with Crippen molar-refractivity contribution < 1.29 is 14.3 Å². The Kier molecular flexibility index (Phi) is 4.99. The van der Waals surface area contributed by atoms with E-state index in [0.717, 1.165) is 39.1 Å². The van der Waals surface area contributed by atoms with Gasteiger partial charge in [-0.1, -0.05) is 0 Å². The van der Waals surface area contributed by atoms with E-state index in [1.165, 1.54) is 11.3 Å². The maximum Gasteiger partial charge on any atom is 0.230 e. The fourth-order valence-corrected chi connectivity index (χ4v) is 3.77. The largest absolute Gasteiger partial charge is 0.497 e. The van der Waals surface area contributed by atoms with Crippen LogP contribution in [-0.4, -0.2) is 29.5 Å². The van der Waals surface area contributed by atoms with Gasteiger partial charge in [0.1, 0.15) is 11.5 Å². The zero-order chi connectivity index (χ0) is 19.5. The predicted molar refractivity (Wildman–Crippen MR) is 110 cm³/mol. The van der Waals surface area contributed by atoms with Gasteiger partial charge in [0.05, 0.1) is 26.3 Å². The fourth-order valence-electron chi connectivity index (χ4n) is 2.90. The van der Waals surface area contributed by atoms with E-state index >= 15 is 0 Å². The Morgan fingerprint density at radius 3 is 2.32 bits per heavy atom. The van der Waals surface area contributed by atoms with Crippen LogP contribution in [0, 0.1) is 0 Å². The number of carbonyl (C=O) groups excluding carboxylic acids is 1. The molecule has 7 heteroatoms. The van der Waals surface area contributed by atoms with Crippen LogP contribution in [-0.2, 0) is 11.2 Å². The van der Waals surface area contributed by atoms with Gasteiger partial charge in [0.25, 0.3) is 0 Å². The average Bonchev–Trinajstić information content (AvgIpc) is 3.30. The molecule has 2 aromatic carbocycles. The summed E-state index contributed by atoms with van der Waals surface area (Å²) in [5.74, 6) is 1.48. The second-order valence-corrected chi connectivity index (χ2v) is 7.02. The number of thiazole rings is 1.